The third kappa shape index (κ3) is 7.89. The van der Waals surface area contributed by atoms with Gasteiger partial charge in [-0.15, -0.1) is 0 Å². The van der Waals surface area contributed by atoms with E-state index in [1.54, 1.807) is 6.92 Å². The van der Waals surface area contributed by atoms with Crippen LogP contribution in [0.25, 0.3) is 0 Å². The van der Waals surface area contributed by atoms with Gasteiger partial charge >= 0.3 is 0 Å². The van der Waals surface area contributed by atoms with Gasteiger partial charge in [0, 0.05) is 18.1 Å². The Morgan fingerprint density at radius 3 is 2.32 bits per heavy atom. The summed E-state index contributed by atoms with van der Waals surface area (Å²) < 4.78 is 26.1. The summed E-state index contributed by atoms with van der Waals surface area (Å²) in [6.45, 7) is 7.56. The third-order valence-electron chi connectivity index (χ3n) is 5.14. The number of benzene rings is 2. The van der Waals surface area contributed by atoms with Crippen LogP contribution in [0.1, 0.15) is 31.9 Å². The summed E-state index contributed by atoms with van der Waals surface area (Å²) in [7, 11) is -3.89. The molecule has 0 spiro atoms. The first kappa shape index (κ1) is 28.0. The van der Waals surface area contributed by atoms with E-state index in [2.05, 4.69) is 5.32 Å². The predicted molar refractivity (Wildman–Crippen MR) is 138 cm³/mol. The Bertz CT molecular complexity index is 1140. The normalized spacial score (nSPS) is 12.4. The van der Waals surface area contributed by atoms with Crippen molar-refractivity contribution in [2.75, 3.05) is 23.7 Å². The van der Waals surface area contributed by atoms with Gasteiger partial charge in [-0.05, 0) is 43.5 Å². The number of halogens is 2. The number of hydrogen-bond acceptors (Lipinski definition) is 4. The molecule has 1 atom stereocenters. The monoisotopic (exact) mass is 527 g/mol. The van der Waals surface area contributed by atoms with Crippen LogP contribution in [0.4, 0.5) is 5.69 Å². The summed E-state index contributed by atoms with van der Waals surface area (Å²) in [5.74, 6) is -0.626. The number of carbonyl (C=O) groups is 2. The average Bonchev–Trinajstić information content (AvgIpc) is 2.74. The van der Waals surface area contributed by atoms with Crippen molar-refractivity contribution in [2.45, 2.75) is 40.3 Å². The van der Waals surface area contributed by atoms with Crippen LogP contribution in [0.15, 0.2) is 42.5 Å². The van der Waals surface area contributed by atoms with E-state index in [0.717, 1.165) is 21.7 Å². The van der Waals surface area contributed by atoms with Gasteiger partial charge < -0.3 is 10.2 Å². The number of nitrogens with zero attached hydrogens (tertiary/aromatic N) is 2. The molecule has 0 heterocycles. The Morgan fingerprint density at radius 2 is 1.74 bits per heavy atom. The Balaban J connectivity index is 2.41. The van der Waals surface area contributed by atoms with Gasteiger partial charge in [0.15, 0.2) is 0 Å². The van der Waals surface area contributed by atoms with Crippen molar-refractivity contribution in [3.05, 3.63) is 63.6 Å². The maximum atomic E-state index is 13.5. The lowest BCUT2D eigenvalue weighted by atomic mass is 10.1. The van der Waals surface area contributed by atoms with Crippen LogP contribution in [0.3, 0.4) is 0 Å². The Labute approximate surface area is 212 Å². The number of aryl methyl sites for hydroxylation is 1. The lowest BCUT2D eigenvalue weighted by Crippen LogP contribution is -2.51. The van der Waals surface area contributed by atoms with E-state index in [-0.39, 0.29) is 34.1 Å². The molecule has 0 fully saturated rings. The van der Waals surface area contributed by atoms with E-state index in [1.165, 1.54) is 23.1 Å². The van der Waals surface area contributed by atoms with Crippen LogP contribution in [0.5, 0.6) is 0 Å². The zero-order chi connectivity index (χ0) is 25.6. The standard InChI is InChI=1S/C24H31Cl2N3O4S/c1-16(2)13-27-24(31)18(4)28(14-19-8-6-7-17(3)11-19)23(30)15-29(34(5,32)33)22-12-20(25)9-10-21(22)26/h6-12,16,18H,13-15H2,1-5H3,(H,27,31)/t18-/m0/s1. The molecule has 1 N–H and O–H groups in total. The van der Waals surface area contributed by atoms with E-state index in [9.17, 15) is 18.0 Å². The molecule has 0 aromatic heterocycles. The van der Waals surface area contributed by atoms with Gasteiger partial charge in [0.2, 0.25) is 21.8 Å². The average molecular weight is 529 g/mol. The summed E-state index contributed by atoms with van der Waals surface area (Å²) in [5, 5.41) is 3.25. The largest absolute Gasteiger partial charge is 0.354 e. The fraction of sp³-hybridized carbons (Fsp3) is 0.417. The highest BCUT2D eigenvalue weighted by Gasteiger charge is 2.31. The first-order valence-electron chi connectivity index (χ1n) is 10.8. The number of hydrogen-bond donors (Lipinski definition) is 1. The summed E-state index contributed by atoms with van der Waals surface area (Å²) >= 11 is 12.3. The molecular formula is C24H31Cl2N3O4S. The highest BCUT2D eigenvalue weighted by atomic mass is 35.5. The highest BCUT2D eigenvalue weighted by molar-refractivity contribution is 7.92. The zero-order valence-corrected chi connectivity index (χ0v) is 22.3. The molecule has 0 aliphatic rings. The number of amides is 2. The molecule has 2 aromatic rings. The molecule has 34 heavy (non-hydrogen) atoms. The molecular weight excluding hydrogens is 497 g/mol. The molecule has 186 valence electrons. The molecule has 2 rings (SSSR count). The van der Waals surface area contributed by atoms with Gasteiger partial charge in [-0.3, -0.25) is 13.9 Å². The van der Waals surface area contributed by atoms with Gasteiger partial charge in [0.05, 0.1) is 17.0 Å². The molecule has 7 nitrogen and oxygen atoms in total. The molecule has 10 heteroatoms. The predicted octanol–water partition coefficient (Wildman–Crippen LogP) is 4.26. The summed E-state index contributed by atoms with van der Waals surface area (Å²) in [6, 6.07) is 11.1. The number of nitrogens with one attached hydrogen (secondary N) is 1. The van der Waals surface area contributed by atoms with Gasteiger partial charge in [-0.1, -0.05) is 66.9 Å². The van der Waals surface area contributed by atoms with Crippen molar-refractivity contribution >= 4 is 50.7 Å². The van der Waals surface area contributed by atoms with Crippen LogP contribution < -0.4 is 9.62 Å². The summed E-state index contributed by atoms with van der Waals surface area (Å²) in [4.78, 5) is 27.7. The summed E-state index contributed by atoms with van der Waals surface area (Å²) in [5.41, 5.74) is 1.92. The smallest absolute Gasteiger partial charge is 0.244 e. The fourth-order valence-corrected chi connectivity index (χ4v) is 4.60. The molecule has 2 amide bonds. The van der Waals surface area contributed by atoms with Crippen LogP contribution in [-0.2, 0) is 26.2 Å². The minimum Gasteiger partial charge on any atom is -0.354 e. The number of sulfonamides is 1. The number of rotatable bonds is 10. The zero-order valence-electron chi connectivity index (χ0n) is 20.0. The Hall–Kier alpha value is -2.29. The van der Waals surface area contributed by atoms with Crippen molar-refractivity contribution in [3.8, 4) is 0 Å². The molecule has 2 aromatic carbocycles. The van der Waals surface area contributed by atoms with Gasteiger partial charge in [0.25, 0.3) is 0 Å². The minimum atomic E-state index is -3.89. The molecule has 0 saturated heterocycles. The third-order valence-corrected chi connectivity index (χ3v) is 6.82. The van der Waals surface area contributed by atoms with E-state index in [1.807, 2.05) is 45.0 Å². The van der Waals surface area contributed by atoms with Crippen LogP contribution in [-0.4, -0.2) is 50.5 Å². The van der Waals surface area contributed by atoms with Gasteiger partial charge in [-0.25, -0.2) is 8.42 Å². The van der Waals surface area contributed by atoms with Gasteiger partial charge in [0.1, 0.15) is 12.6 Å². The SMILES string of the molecule is Cc1cccc(CN(C(=O)CN(c2cc(Cl)ccc2Cl)S(C)(=O)=O)[C@@H](C)C(=O)NCC(C)C)c1. The van der Waals surface area contributed by atoms with Crippen molar-refractivity contribution in [2.24, 2.45) is 5.92 Å². The van der Waals surface area contributed by atoms with Crippen LogP contribution in [0.2, 0.25) is 10.0 Å². The molecule has 0 saturated carbocycles. The van der Waals surface area contributed by atoms with Crippen molar-refractivity contribution in [1.82, 2.24) is 10.2 Å². The highest BCUT2D eigenvalue weighted by Crippen LogP contribution is 2.31. The molecule has 0 radical (unpaired) electrons. The molecule has 0 aliphatic heterocycles. The van der Waals surface area contributed by atoms with Crippen molar-refractivity contribution in [3.63, 3.8) is 0 Å². The fourth-order valence-electron chi connectivity index (χ4n) is 3.31. The quantitative estimate of drug-likeness (QED) is 0.500. The van der Waals surface area contributed by atoms with Crippen LogP contribution in [0, 0.1) is 12.8 Å². The lowest BCUT2D eigenvalue weighted by molar-refractivity contribution is -0.139. The second-order valence-corrected chi connectivity index (χ2v) is 11.4. The Kier molecular flexibility index (Phi) is 9.79. The van der Waals surface area contributed by atoms with Gasteiger partial charge in [-0.2, -0.15) is 0 Å². The summed E-state index contributed by atoms with van der Waals surface area (Å²) in [6.07, 6.45) is 0.987. The number of anilines is 1. The van der Waals surface area contributed by atoms with E-state index < -0.39 is 28.5 Å². The molecule has 0 bridgehead atoms. The van der Waals surface area contributed by atoms with Crippen molar-refractivity contribution in [1.29, 1.82) is 0 Å². The lowest BCUT2D eigenvalue weighted by Gasteiger charge is -2.32. The number of carbonyl (C=O) groups excluding carboxylic acids is 2. The Morgan fingerprint density at radius 1 is 1.06 bits per heavy atom. The van der Waals surface area contributed by atoms with Crippen molar-refractivity contribution < 1.29 is 18.0 Å². The first-order chi connectivity index (χ1) is 15.8. The molecule has 0 aliphatic carbocycles. The van der Waals surface area contributed by atoms with E-state index in [0.29, 0.717) is 6.54 Å². The van der Waals surface area contributed by atoms with E-state index >= 15 is 0 Å². The second-order valence-electron chi connectivity index (χ2n) is 8.69. The minimum absolute atomic E-state index is 0.0948. The second kappa shape index (κ2) is 11.9. The topological polar surface area (TPSA) is 86.8 Å². The maximum absolute atomic E-state index is 13.5. The first-order valence-corrected chi connectivity index (χ1v) is 13.5. The van der Waals surface area contributed by atoms with E-state index in [4.69, 9.17) is 23.2 Å². The van der Waals surface area contributed by atoms with Crippen LogP contribution >= 0.6 is 23.2 Å². The molecule has 0 unspecified atom stereocenters. The maximum Gasteiger partial charge on any atom is 0.244 e.